The Kier molecular flexibility index (Phi) is 9.60. The van der Waals surface area contributed by atoms with Crippen molar-refractivity contribution < 1.29 is 19.5 Å². The van der Waals surface area contributed by atoms with E-state index in [1.807, 2.05) is 13.8 Å². The summed E-state index contributed by atoms with van der Waals surface area (Å²) in [5.74, 6) is -0.851. The van der Waals surface area contributed by atoms with Crippen LogP contribution in [-0.4, -0.2) is 45.4 Å². The minimum absolute atomic E-state index is 0.00726. The summed E-state index contributed by atoms with van der Waals surface area (Å²) in [5, 5.41) is 14.6. The van der Waals surface area contributed by atoms with Crippen LogP contribution in [0.3, 0.4) is 0 Å². The van der Waals surface area contributed by atoms with Gasteiger partial charge in [0.05, 0.1) is 5.52 Å². The molecule has 1 heterocycles. The first-order chi connectivity index (χ1) is 18.1. The zero-order chi connectivity index (χ0) is 28.0. The van der Waals surface area contributed by atoms with Crippen LogP contribution in [0, 0.1) is 6.92 Å². The maximum atomic E-state index is 14.3. The van der Waals surface area contributed by atoms with E-state index >= 15 is 0 Å². The normalized spacial score (nSPS) is 12.8. The highest BCUT2D eigenvalue weighted by Gasteiger charge is 2.46. The second-order valence-electron chi connectivity index (χ2n) is 9.68. The van der Waals surface area contributed by atoms with Gasteiger partial charge in [-0.3, -0.25) is 19.0 Å². The Morgan fingerprint density at radius 2 is 1.66 bits per heavy atom. The molecule has 2 aromatic carbocycles. The number of carbonyl (C=O) groups is 3. The van der Waals surface area contributed by atoms with Crippen LogP contribution in [0.4, 0.5) is 0 Å². The Morgan fingerprint density at radius 3 is 2.24 bits per heavy atom. The number of nitrogens with one attached hydrogen (secondary N) is 1. The topological polar surface area (TPSA) is 91.6 Å². The number of phenolic OH excluding ortho intramolecular Hbond substituents is 1. The number of aromatic nitrogens is 1. The molecule has 0 fully saturated rings. The number of amides is 2. The van der Waals surface area contributed by atoms with E-state index in [0.29, 0.717) is 58.7 Å². The van der Waals surface area contributed by atoms with Gasteiger partial charge in [0, 0.05) is 47.2 Å². The number of nitrogens with zero attached hydrogens (tertiary/aromatic N) is 2. The number of hydrogen-bond acceptors (Lipinski definition) is 4. The summed E-state index contributed by atoms with van der Waals surface area (Å²) in [6.07, 6.45) is 4.00. The molecule has 38 heavy (non-hydrogen) atoms. The molecule has 0 saturated carbocycles. The van der Waals surface area contributed by atoms with Crippen LogP contribution < -0.4 is 5.32 Å². The van der Waals surface area contributed by atoms with Crippen molar-refractivity contribution >= 4 is 40.2 Å². The predicted molar refractivity (Wildman–Crippen MR) is 152 cm³/mol. The van der Waals surface area contributed by atoms with Gasteiger partial charge in [-0.15, -0.1) is 0 Å². The molecule has 0 saturated heterocycles. The average Bonchev–Trinajstić information content (AvgIpc) is 3.17. The van der Waals surface area contributed by atoms with Crippen molar-refractivity contribution in [2.45, 2.75) is 72.3 Å². The van der Waals surface area contributed by atoms with Crippen LogP contribution in [0.15, 0.2) is 42.5 Å². The molecule has 0 spiro atoms. The highest BCUT2D eigenvalue weighted by molar-refractivity contribution is 6.30. The van der Waals surface area contributed by atoms with Crippen LogP contribution in [0.25, 0.3) is 10.9 Å². The number of likely N-dealkylation sites (N-methyl/N-ethyl adjacent to an activating group) is 1. The number of carbonyl (C=O) groups excluding carboxylic acids is 3. The van der Waals surface area contributed by atoms with Crippen molar-refractivity contribution in [3.05, 3.63) is 64.3 Å². The quantitative estimate of drug-likeness (QED) is 0.285. The number of fused-ring (bicyclic) bond motifs is 1. The Bertz CT molecular complexity index is 1310. The average molecular weight is 540 g/mol. The first-order valence-electron chi connectivity index (χ1n) is 13.3. The van der Waals surface area contributed by atoms with Gasteiger partial charge in [-0.25, -0.2) is 0 Å². The second-order valence-corrected chi connectivity index (χ2v) is 10.1. The molecule has 1 unspecified atom stereocenters. The van der Waals surface area contributed by atoms with Crippen LogP contribution in [-0.2, 0) is 15.1 Å². The van der Waals surface area contributed by atoms with Gasteiger partial charge in [-0.2, -0.15) is 0 Å². The first kappa shape index (κ1) is 29.2. The molecule has 2 N–H and O–H groups in total. The third-order valence-corrected chi connectivity index (χ3v) is 7.37. The van der Waals surface area contributed by atoms with Crippen molar-refractivity contribution in [1.82, 2.24) is 14.8 Å². The maximum Gasteiger partial charge on any atom is 0.262 e. The number of phenols is 1. The Morgan fingerprint density at radius 1 is 1.00 bits per heavy atom. The fourth-order valence-electron chi connectivity index (χ4n) is 5.34. The SMILES string of the molecule is CCCCCCC(NC(C)=O)(C(=O)N(CC)CC)c1c(C)n(C(=O)c2ccc(Cl)cc2)c2ccc(O)cc12. The van der Waals surface area contributed by atoms with Crippen molar-refractivity contribution in [1.29, 1.82) is 0 Å². The van der Waals surface area contributed by atoms with Crippen LogP contribution in [0.2, 0.25) is 5.02 Å². The standard InChI is InChI=1S/C30H38ClN3O4/c1-6-9-10-11-18-30(32-21(5)35,29(38)33(7-2)8-3)27-20(4)34(26-17-16-24(36)19-25(26)27)28(37)22-12-14-23(31)15-13-22/h12-17,19,36H,6-11,18H2,1-5H3,(H,32,35). The summed E-state index contributed by atoms with van der Waals surface area (Å²) < 4.78 is 1.56. The molecule has 1 aromatic heterocycles. The lowest BCUT2D eigenvalue weighted by atomic mass is 9.81. The number of unbranched alkanes of at least 4 members (excludes halogenated alkanes) is 3. The number of hydrogen-bond donors (Lipinski definition) is 2. The van der Waals surface area contributed by atoms with E-state index < -0.39 is 5.54 Å². The molecule has 204 valence electrons. The third kappa shape index (κ3) is 5.73. The molecular weight excluding hydrogens is 502 g/mol. The van der Waals surface area contributed by atoms with Gasteiger partial charge >= 0.3 is 0 Å². The largest absolute Gasteiger partial charge is 0.508 e. The van der Waals surface area contributed by atoms with Gasteiger partial charge in [0.1, 0.15) is 11.3 Å². The van der Waals surface area contributed by atoms with Crippen molar-refractivity contribution in [3.63, 3.8) is 0 Å². The molecule has 0 aliphatic heterocycles. The fraction of sp³-hybridized carbons (Fsp3) is 0.433. The number of aromatic hydroxyl groups is 1. The molecular formula is C30H38ClN3O4. The zero-order valence-corrected chi connectivity index (χ0v) is 23.7. The van der Waals surface area contributed by atoms with Gasteiger partial charge in [0.25, 0.3) is 11.8 Å². The van der Waals surface area contributed by atoms with E-state index in [1.165, 1.54) is 13.0 Å². The minimum atomic E-state index is -1.41. The van der Waals surface area contributed by atoms with E-state index in [9.17, 15) is 19.5 Å². The Hall–Kier alpha value is -3.32. The van der Waals surface area contributed by atoms with Crippen LogP contribution in [0.5, 0.6) is 5.75 Å². The van der Waals surface area contributed by atoms with Crippen molar-refractivity contribution in [2.75, 3.05) is 13.1 Å². The lowest BCUT2D eigenvalue weighted by molar-refractivity contribution is -0.142. The summed E-state index contributed by atoms with van der Waals surface area (Å²) in [6.45, 7) is 10.1. The fourth-order valence-corrected chi connectivity index (χ4v) is 5.47. The molecule has 0 radical (unpaired) electrons. The maximum absolute atomic E-state index is 14.3. The highest BCUT2D eigenvalue weighted by atomic mass is 35.5. The molecule has 3 rings (SSSR count). The lowest BCUT2D eigenvalue weighted by Crippen LogP contribution is -2.57. The molecule has 0 bridgehead atoms. The summed E-state index contributed by atoms with van der Waals surface area (Å²) in [6, 6.07) is 11.4. The van der Waals surface area contributed by atoms with Crippen molar-refractivity contribution in [3.8, 4) is 5.75 Å². The van der Waals surface area contributed by atoms with E-state index in [1.54, 1.807) is 52.8 Å². The van der Waals surface area contributed by atoms with E-state index in [0.717, 1.165) is 19.3 Å². The van der Waals surface area contributed by atoms with Crippen LogP contribution in [0.1, 0.15) is 81.4 Å². The van der Waals surface area contributed by atoms with Crippen molar-refractivity contribution in [2.24, 2.45) is 0 Å². The third-order valence-electron chi connectivity index (χ3n) is 7.12. The number of halogens is 1. The van der Waals surface area contributed by atoms with E-state index in [4.69, 9.17) is 11.6 Å². The van der Waals surface area contributed by atoms with Gasteiger partial charge in [0.15, 0.2) is 0 Å². The molecule has 0 aliphatic rings. The highest BCUT2D eigenvalue weighted by Crippen LogP contribution is 2.41. The Balaban J connectivity index is 2.38. The zero-order valence-electron chi connectivity index (χ0n) is 22.9. The monoisotopic (exact) mass is 539 g/mol. The number of rotatable bonds is 11. The van der Waals surface area contributed by atoms with Gasteiger partial charge in [-0.05, 0) is 69.7 Å². The molecule has 2 amide bonds. The molecule has 0 aliphatic carbocycles. The van der Waals surface area contributed by atoms with E-state index in [-0.39, 0.29) is 23.5 Å². The second kappa shape index (κ2) is 12.5. The smallest absolute Gasteiger partial charge is 0.262 e. The van der Waals surface area contributed by atoms with Gasteiger partial charge in [0.2, 0.25) is 5.91 Å². The molecule has 3 aromatic rings. The molecule has 1 atom stereocenters. The lowest BCUT2D eigenvalue weighted by Gasteiger charge is -2.38. The molecule has 7 nitrogen and oxygen atoms in total. The summed E-state index contributed by atoms with van der Waals surface area (Å²) in [7, 11) is 0. The number of benzene rings is 2. The Labute approximate surface area is 229 Å². The summed E-state index contributed by atoms with van der Waals surface area (Å²) in [5.41, 5.74) is 0.639. The summed E-state index contributed by atoms with van der Waals surface area (Å²) in [4.78, 5) is 42.6. The van der Waals surface area contributed by atoms with Crippen LogP contribution >= 0.6 is 11.6 Å². The van der Waals surface area contributed by atoms with Gasteiger partial charge in [-0.1, -0.05) is 44.2 Å². The predicted octanol–water partition coefficient (Wildman–Crippen LogP) is 6.17. The van der Waals surface area contributed by atoms with Gasteiger partial charge < -0.3 is 15.3 Å². The molecule has 8 heteroatoms. The summed E-state index contributed by atoms with van der Waals surface area (Å²) >= 11 is 6.05. The van der Waals surface area contributed by atoms with E-state index in [2.05, 4.69) is 12.2 Å². The minimum Gasteiger partial charge on any atom is -0.508 e. The first-order valence-corrected chi connectivity index (χ1v) is 13.7.